The van der Waals surface area contributed by atoms with Gasteiger partial charge in [-0.25, -0.2) is 0 Å². The monoisotopic (exact) mass is 357 g/mol. The first kappa shape index (κ1) is 16.9. The van der Waals surface area contributed by atoms with Gasteiger partial charge in [0.05, 0.1) is 12.2 Å². The number of aromatic hydroxyl groups is 2. The molecule has 2 N–H and O–H groups in total. The van der Waals surface area contributed by atoms with Crippen LogP contribution in [0.5, 0.6) is 11.5 Å². The molecule has 4 bridgehead atoms. The Labute approximate surface area is 156 Å². The molecule has 4 aliphatic carbocycles. The molecule has 142 valence electrons. The van der Waals surface area contributed by atoms with Gasteiger partial charge in [0.2, 0.25) is 0 Å². The van der Waals surface area contributed by atoms with E-state index < -0.39 is 0 Å². The fraction of sp³-hybridized carbons (Fsp3) is 0.727. The quantitative estimate of drug-likeness (QED) is 0.807. The van der Waals surface area contributed by atoms with Crippen LogP contribution in [0.1, 0.15) is 55.8 Å². The maximum Gasteiger partial charge on any atom is 0.161 e. The zero-order valence-corrected chi connectivity index (χ0v) is 15.9. The molecule has 0 spiro atoms. The molecule has 26 heavy (non-hydrogen) atoms. The van der Waals surface area contributed by atoms with Gasteiger partial charge in [0.1, 0.15) is 0 Å². The van der Waals surface area contributed by atoms with Crippen molar-refractivity contribution in [1.82, 2.24) is 4.90 Å². The second-order valence-corrected chi connectivity index (χ2v) is 9.86. The average Bonchev–Trinajstić information content (AvgIpc) is 2.56. The molecule has 1 aromatic rings. The molecule has 0 amide bonds. The summed E-state index contributed by atoms with van der Waals surface area (Å²) in [4.78, 5) is 2.15. The number of phenolic OH excluding ortho intramolecular Hbond substituents is 2. The minimum Gasteiger partial charge on any atom is -0.504 e. The fourth-order valence-corrected chi connectivity index (χ4v) is 7.07. The van der Waals surface area contributed by atoms with E-state index in [4.69, 9.17) is 4.74 Å². The van der Waals surface area contributed by atoms with Crippen molar-refractivity contribution in [2.75, 3.05) is 20.6 Å². The molecular weight excluding hydrogens is 326 g/mol. The van der Waals surface area contributed by atoms with Gasteiger partial charge in [-0.15, -0.1) is 0 Å². The molecule has 1 aromatic carbocycles. The largest absolute Gasteiger partial charge is 0.504 e. The maximum absolute atomic E-state index is 10.6. The molecule has 4 nitrogen and oxygen atoms in total. The zero-order valence-electron chi connectivity index (χ0n) is 15.9. The minimum atomic E-state index is -0.0294. The van der Waals surface area contributed by atoms with E-state index in [2.05, 4.69) is 19.0 Å². The Balaban J connectivity index is 1.52. The van der Waals surface area contributed by atoms with E-state index in [1.165, 1.54) is 38.5 Å². The molecule has 0 radical (unpaired) electrons. The number of fused-ring (bicyclic) bond motifs is 1. The minimum absolute atomic E-state index is 0.00137. The molecule has 1 heterocycles. The lowest BCUT2D eigenvalue weighted by molar-refractivity contribution is -0.169. The first-order valence-corrected chi connectivity index (χ1v) is 10.3. The first-order chi connectivity index (χ1) is 12.4. The molecule has 6 rings (SSSR count). The predicted molar refractivity (Wildman–Crippen MR) is 100 cm³/mol. The highest BCUT2D eigenvalue weighted by Gasteiger charge is 2.55. The Bertz CT molecular complexity index is 678. The topological polar surface area (TPSA) is 52.9 Å². The standard InChI is InChI=1S/C22H31NO3/c1-23(2)12-19-16-3-4-18(24)21(25)17(16)8-20(26-19)22-9-13-5-14(10-22)7-15(6-13)11-22/h3-4,13-15,19-20,24-25H,5-12H2,1-2H3/t13?,14?,15?,19-,20-,22?/m0/s1. The summed E-state index contributed by atoms with van der Waals surface area (Å²) in [5.74, 6) is 2.73. The Morgan fingerprint density at radius 3 is 2.23 bits per heavy atom. The average molecular weight is 357 g/mol. The summed E-state index contributed by atoms with van der Waals surface area (Å²) in [6, 6.07) is 3.54. The second kappa shape index (κ2) is 5.87. The molecule has 0 aromatic heterocycles. The van der Waals surface area contributed by atoms with Gasteiger partial charge in [0.15, 0.2) is 11.5 Å². The molecule has 4 fully saturated rings. The highest BCUT2D eigenvalue weighted by molar-refractivity contribution is 5.51. The van der Waals surface area contributed by atoms with Crippen LogP contribution in [0.15, 0.2) is 12.1 Å². The van der Waals surface area contributed by atoms with Gasteiger partial charge in [-0.3, -0.25) is 0 Å². The third-order valence-corrected chi connectivity index (χ3v) is 7.66. The van der Waals surface area contributed by atoms with Crippen LogP contribution in [0.4, 0.5) is 0 Å². The molecule has 4 saturated carbocycles. The highest BCUT2D eigenvalue weighted by atomic mass is 16.5. The lowest BCUT2D eigenvalue weighted by Crippen LogP contribution is -2.54. The van der Waals surface area contributed by atoms with Crippen molar-refractivity contribution >= 4 is 0 Å². The van der Waals surface area contributed by atoms with Gasteiger partial charge in [-0.05, 0) is 87.4 Å². The maximum atomic E-state index is 10.6. The molecular formula is C22H31NO3. The molecule has 4 heteroatoms. The highest BCUT2D eigenvalue weighted by Crippen LogP contribution is 2.63. The lowest BCUT2D eigenvalue weighted by Gasteiger charge is -2.60. The Morgan fingerprint density at radius 1 is 1.04 bits per heavy atom. The molecule has 5 aliphatic rings. The van der Waals surface area contributed by atoms with Crippen molar-refractivity contribution in [3.8, 4) is 11.5 Å². The van der Waals surface area contributed by atoms with Crippen LogP contribution >= 0.6 is 0 Å². The first-order valence-electron chi connectivity index (χ1n) is 10.3. The van der Waals surface area contributed by atoms with Gasteiger partial charge in [0, 0.05) is 18.5 Å². The van der Waals surface area contributed by atoms with Crippen LogP contribution in [0.2, 0.25) is 0 Å². The van der Waals surface area contributed by atoms with E-state index >= 15 is 0 Å². The van der Waals surface area contributed by atoms with E-state index in [1.807, 2.05) is 6.07 Å². The van der Waals surface area contributed by atoms with Crippen molar-refractivity contribution in [3.05, 3.63) is 23.3 Å². The summed E-state index contributed by atoms with van der Waals surface area (Å²) >= 11 is 0. The van der Waals surface area contributed by atoms with E-state index in [1.54, 1.807) is 6.07 Å². The van der Waals surface area contributed by atoms with Crippen LogP contribution in [0.3, 0.4) is 0 Å². The van der Waals surface area contributed by atoms with Crippen LogP contribution in [-0.4, -0.2) is 41.9 Å². The molecule has 0 saturated heterocycles. The van der Waals surface area contributed by atoms with Crippen molar-refractivity contribution in [2.24, 2.45) is 23.2 Å². The van der Waals surface area contributed by atoms with Crippen molar-refractivity contribution < 1.29 is 14.9 Å². The van der Waals surface area contributed by atoms with Crippen LogP contribution in [0.25, 0.3) is 0 Å². The van der Waals surface area contributed by atoms with Gasteiger partial charge in [0.25, 0.3) is 0 Å². The van der Waals surface area contributed by atoms with E-state index in [-0.39, 0.29) is 29.1 Å². The Morgan fingerprint density at radius 2 is 1.65 bits per heavy atom. The van der Waals surface area contributed by atoms with E-state index in [9.17, 15) is 10.2 Å². The number of phenols is 2. The van der Waals surface area contributed by atoms with Gasteiger partial charge in [-0.2, -0.15) is 0 Å². The number of hydrogen-bond donors (Lipinski definition) is 2. The fourth-order valence-electron chi connectivity index (χ4n) is 7.07. The normalized spacial score (nSPS) is 40.8. The lowest BCUT2D eigenvalue weighted by atomic mass is 9.47. The zero-order chi connectivity index (χ0) is 18.1. The van der Waals surface area contributed by atoms with Crippen LogP contribution < -0.4 is 0 Å². The Kier molecular flexibility index (Phi) is 3.81. The molecule has 2 atom stereocenters. The number of likely N-dealkylation sites (N-methyl/N-ethyl adjacent to an activating group) is 1. The summed E-state index contributed by atoms with van der Waals surface area (Å²) in [7, 11) is 4.13. The van der Waals surface area contributed by atoms with Crippen molar-refractivity contribution in [1.29, 1.82) is 0 Å². The molecule has 1 aliphatic heterocycles. The number of nitrogens with zero attached hydrogens (tertiary/aromatic N) is 1. The number of hydrogen-bond acceptors (Lipinski definition) is 4. The van der Waals surface area contributed by atoms with E-state index in [0.717, 1.165) is 41.8 Å². The number of benzene rings is 1. The molecule has 0 unspecified atom stereocenters. The van der Waals surface area contributed by atoms with Gasteiger partial charge >= 0.3 is 0 Å². The number of rotatable bonds is 3. The summed E-state index contributed by atoms with van der Waals surface area (Å²) < 4.78 is 6.77. The summed E-state index contributed by atoms with van der Waals surface area (Å²) in [5.41, 5.74) is 2.26. The third-order valence-electron chi connectivity index (χ3n) is 7.66. The number of ether oxygens (including phenoxy) is 1. The summed E-state index contributed by atoms with van der Waals surface area (Å²) in [6.45, 7) is 0.806. The van der Waals surface area contributed by atoms with E-state index in [0.29, 0.717) is 0 Å². The van der Waals surface area contributed by atoms with Crippen LogP contribution in [0, 0.1) is 23.2 Å². The van der Waals surface area contributed by atoms with Crippen molar-refractivity contribution in [3.63, 3.8) is 0 Å². The van der Waals surface area contributed by atoms with Crippen molar-refractivity contribution in [2.45, 2.75) is 57.2 Å². The third kappa shape index (κ3) is 2.56. The summed E-state index contributed by atoms with van der Waals surface area (Å²) in [6.07, 6.45) is 9.06. The van der Waals surface area contributed by atoms with Crippen LogP contribution in [-0.2, 0) is 11.2 Å². The van der Waals surface area contributed by atoms with Gasteiger partial charge in [-0.1, -0.05) is 6.07 Å². The second-order valence-electron chi connectivity index (χ2n) is 9.86. The Hall–Kier alpha value is -1.26. The van der Waals surface area contributed by atoms with Gasteiger partial charge < -0.3 is 19.8 Å². The smallest absolute Gasteiger partial charge is 0.161 e. The SMILES string of the molecule is CN(C)C[C@@H]1O[C@H](C23CC4CC(CC(C4)C2)C3)Cc2c1ccc(O)c2O. The summed E-state index contributed by atoms with van der Waals surface area (Å²) in [5, 5.41) is 20.6. The predicted octanol–water partition coefficient (Wildman–Crippen LogP) is 3.86.